The lowest BCUT2D eigenvalue weighted by Gasteiger charge is -2.19. The molecule has 3 atom stereocenters. The molecule has 1 N–H and O–H groups in total. The highest BCUT2D eigenvalue weighted by Crippen LogP contribution is 2.34. The van der Waals surface area contributed by atoms with Gasteiger partial charge in [0.25, 0.3) is 0 Å². The number of ether oxygens (including phenoxy) is 4. The zero-order valence-corrected chi connectivity index (χ0v) is 13.6. The van der Waals surface area contributed by atoms with Crippen LogP contribution in [0.1, 0.15) is 38.0 Å². The molecule has 0 saturated carbocycles. The van der Waals surface area contributed by atoms with E-state index in [-0.39, 0.29) is 12.4 Å². The molecule has 0 spiro atoms. The molecule has 130 valence electrons. The average Bonchev–Trinajstić information content (AvgIpc) is 3.19. The van der Waals surface area contributed by atoms with Crippen molar-refractivity contribution in [2.75, 3.05) is 13.2 Å². The lowest BCUT2D eigenvalue weighted by Crippen LogP contribution is -2.31. The maximum absolute atomic E-state index is 11.7. The molecule has 2 aliphatic rings. The molecule has 1 unspecified atom stereocenters. The number of carbonyl (C=O) groups excluding carboxylic acids is 1. The van der Waals surface area contributed by atoms with Crippen LogP contribution in [-0.4, -0.2) is 36.5 Å². The minimum Gasteiger partial charge on any atom is -0.499 e. The van der Waals surface area contributed by atoms with Crippen LogP contribution in [0.3, 0.4) is 0 Å². The van der Waals surface area contributed by atoms with Crippen molar-refractivity contribution < 1.29 is 28.8 Å². The van der Waals surface area contributed by atoms with E-state index >= 15 is 0 Å². The first-order chi connectivity index (χ1) is 11.7. The molecule has 0 bridgehead atoms. The zero-order chi connectivity index (χ0) is 16.9. The molecule has 0 aliphatic carbocycles. The number of esters is 1. The van der Waals surface area contributed by atoms with Crippen LogP contribution in [0.4, 0.5) is 0 Å². The Kier molecular flexibility index (Phi) is 5.37. The Bertz CT molecular complexity index is 597. The van der Waals surface area contributed by atoms with Gasteiger partial charge in [-0.25, -0.2) is 4.79 Å². The normalized spacial score (nSPS) is 26.7. The van der Waals surface area contributed by atoms with E-state index in [2.05, 4.69) is 6.92 Å². The number of hydrogen-bond acceptors (Lipinski definition) is 6. The van der Waals surface area contributed by atoms with E-state index in [1.54, 1.807) is 0 Å². The first kappa shape index (κ1) is 16.8. The summed E-state index contributed by atoms with van der Waals surface area (Å²) in [5.74, 6) is -1.10. The predicted octanol–water partition coefficient (Wildman–Crippen LogP) is 3.00. The quantitative estimate of drug-likeness (QED) is 0.610. The van der Waals surface area contributed by atoms with Crippen molar-refractivity contribution in [3.63, 3.8) is 0 Å². The van der Waals surface area contributed by atoms with Crippen molar-refractivity contribution in [1.82, 2.24) is 0 Å². The van der Waals surface area contributed by atoms with E-state index in [1.807, 2.05) is 30.3 Å². The minimum absolute atomic E-state index is 0.151. The number of aliphatic hydroxyl groups is 1. The van der Waals surface area contributed by atoms with Crippen LogP contribution in [-0.2, 0) is 23.7 Å². The van der Waals surface area contributed by atoms with Crippen molar-refractivity contribution in [3.8, 4) is 0 Å². The maximum atomic E-state index is 11.7. The molecule has 0 amide bonds. The van der Waals surface area contributed by atoms with Crippen molar-refractivity contribution in [1.29, 1.82) is 0 Å². The number of cyclic esters (lactones) is 1. The van der Waals surface area contributed by atoms with Gasteiger partial charge in [0, 0.05) is 5.56 Å². The Labute approximate surface area is 141 Å². The second-order valence-corrected chi connectivity index (χ2v) is 5.84. The summed E-state index contributed by atoms with van der Waals surface area (Å²) in [6.45, 7) is 2.78. The molecule has 1 saturated heterocycles. The van der Waals surface area contributed by atoms with Crippen molar-refractivity contribution in [2.45, 2.75) is 44.7 Å². The number of carbonyl (C=O) groups is 1. The molecular formula is C18H22O6. The van der Waals surface area contributed by atoms with Gasteiger partial charge in [0.2, 0.25) is 5.76 Å². The number of unbranched alkanes of at least 4 members (excludes halogenated alkanes) is 2. The molecule has 1 fully saturated rings. The van der Waals surface area contributed by atoms with E-state index < -0.39 is 30.2 Å². The van der Waals surface area contributed by atoms with Crippen LogP contribution < -0.4 is 0 Å². The monoisotopic (exact) mass is 334 g/mol. The highest BCUT2D eigenvalue weighted by Gasteiger charge is 2.45. The van der Waals surface area contributed by atoms with Crippen LogP contribution in [0, 0.1) is 0 Å². The number of aliphatic hydroxyl groups excluding tert-OH is 1. The van der Waals surface area contributed by atoms with Crippen LogP contribution in [0.2, 0.25) is 0 Å². The van der Waals surface area contributed by atoms with Crippen molar-refractivity contribution in [3.05, 3.63) is 47.4 Å². The summed E-state index contributed by atoms with van der Waals surface area (Å²) in [4.78, 5) is 11.7. The number of benzene rings is 1. The molecule has 3 rings (SSSR count). The third kappa shape index (κ3) is 3.55. The van der Waals surface area contributed by atoms with E-state index in [0.29, 0.717) is 6.61 Å². The topological polar surface area (TPSA) is 74.2 Å². The largest absolute Gasteiger partial charge is 0.499 e. The Morgan fingerprint density at radius 2 is 2.04 bits per heavy atom. The second-order valence-electron chi connectivity index (χ2n) is 5.84. The zero-order valence-electron chi connectivity index (χ0n) is 13.6. The number of hydrogen-bond donors (Lipinski definition) is 1. The van der Waals surface area contributed by atoms with Crippen LogP contribution >= 0.6 is 0 Å². The van der Waals surface area contributed by atoms with Crippen LogP contribution in [0.25, 0.3) is 0 Å². The molecule has 6 heteroatoms. The summed E-state index contributed by atoms with van der Waals surface area (Å²) in [5.41, 5.74) is 0.892. The molecule has 6 nitrogen and oxygen atoms in total. The fraction of sp³-hybridized carbons (Fsp3) is 0.500. The van der Waals surface area contributed by atoms with E-state index in [0.717, 1.165) is 24.8 Å². The van der Waals surface area contributed by atoms with E-state index in [4.69, 9.17) is 18.9 Å². The molecule has 2 aliphatic heterocycles. The van der Waals surface area contributed by atoms with E-state index in [1.165, 1.54) is 0 Å². The molecule has 24 heavy (non-hydrogen) atoms. The van der Waals surface area contributed by atoms with Gasteiger partial charge in [0.15, 0.2) is 18.2 Å². The summed E-state index contributed by atoms with van der Waals surface area (Å²) >= 11 is 0. The fourth-order valence-corrected chi connectivity index (χ4v) is 2.75. The first-order valence-electron chi connectivity index (χ1n) is 8.29. The van der Waals surface area contributed by atoms with Crippen LogP contribution in [0.15, 0.2) is 41.9 Å². The SMILES string of the molecule is CCCCCOC1=C(O)C(=O)O[C@@H]1[C@@H]1COC(c2ccccc2)O1. The highest BCUT2D eigenvalue weighted by molar-refractivity contribution is 5.89. The molecule has 0 aromatic heterocycles. The van der Waals surface area contributed by atoms with Gasteiger partial charge in [-0.3, -0.25) is 0 Å². The average molecular weight is 334 g/mol. The summed E-state index contributed by atoms with van der Waals surface area (Å²) in [7, 11) is 0. The smallest absolute Gasteiger partial charge is 0.378 e. The lowest BCUT2D eigenvalue weighted by molar-refractivity contribution is -0.149. The number of rotatable bonds is 7. The lowest BCUT2D eigenvalue weighted by atomic mass is 10.2. The predicted molar refractivity (Wildman–Crippen MR) is 85.0 cm³/mol. The van der Waals surface area contributed by atoms with Gasteiger partial charge in [0.05, 0.1) is 13.2 Å². The van der Waals surface area contributed by atoms with Crippen molar-refractivity contribution >= 4 is 5.97 Å². The Morgan fingerprint density at radius 3 is 2.79 bits per heavy atom. The molecule has 0 radical (unpaired) electrons. The van der Waals surface area contributed by atoms with Gasteiger partial charge >= 0.3 is 5.97 Å². The molecule has 1 aromatic rings. The first-order valence-corrected chi connectivity index (χ1v) is 8.29. The Morgan fingerprint density at radius 1 is 1.25 bits per heavy atom. The maximum Gasteiger partial charge on any atom is 0.378 e. The van der Waals surface area contributed by atoms with Gasteiger partial charge in [-0.05, 0) is 6.42 Å². The van der Waals surface area contributed by atoms with Crippen molar-refractivity contribution in [2.24, 2.45) is 0 Å². The summed E-state index contributed by atoms with van der Waals surface area (Å²) in [6.07, 6.45) is 1.14. The van der Waals surface area contributed by atoms with Gasteiger partial charge in [-0.2, -0.15) is 0 Å². The standard InChI is InChI=1S/C18H22O6/c1-2-3-7-10-21-16-14(19)17(20)24-15(16)13-11-22-18(23-13)12-8-5-4-6-9-12/h4-6,8-9,13,15,18-19H,2-3,7,10-11H2,1H3/t13-,15+,18?/m0/s1. The molecule has 2 heterocycles. The Hall–Kier alpha value is -2.05. The van der Waals surface area contributed by atoms with Gasteiger partial charge in [-0.1, -0.05) is 50.1 Å². The summed E-state index contributed by atoms with van der Waals surface area (Å²) < 4.78 is 22.3. The fourth-order valence-electron chi connectivity index (χ4n) is 2.75. The third-order valence-electron chi connectivity index (χ3n) is 4.04. The van der Waals surface area contributed by atoms with E-state index in [9.17, 15) is 9.90 Å². The second kappa shape index (κ2) is 7.68. The highest BCUT2D eigenvalue weighted by atomic mass is 16.7. The third-order valence-corrected chi connectivity index (χ3v) is 4.04. The Balaban J connectivity index is 1.64. The molecular weight excluding hydrogens is 312 g/mol. The summed E-state index contributed by atoms with van der Waals surface area (Å²) in [5, 5.41) is 9.91. The minimum atomic E-state index is -0.780. The summed E-state index contributed by atoms with van der Waals surface area (Å²) in [6, 6.07) is 9.53. The van der Waals surface area contributed by atoms with Gasteiger partial charge in [0.1, 0.15) is 6.10 Å². The van der Waals surface area contributed by atoms with Crippen LogP contribution in [0.5, 0.6) is 0 Å². The van der Waals surface area contributed by atoms with Gasteiger partial charge in [-0.15, -0.1) is 0 Å². The van der Waals surface area contributed by atoms with Gasteiger partial charge < -0.3 is 24.1 Å². The molecule has 1 aromatic carbocycles.